The minimum absolute atomic E-state index is 0.101. The molecule has 0 spiro atoms. The number of nitrogens with one attached hydrogen (secondary N) is 1. The van der Waals surface area contributed by atoms with Crippen molar-refractivity contribution in [3.05, 3.63) is 16.3 Å². The van der Waals surface area contributed by atoms with Crippen molar-refractivity contribution in [1.82, 2.24) is 5.32 Å². The van der Waals surface area contributed by atoms with Gasteiger partial charge in [-0.1, -0.05) is 0 Å². The highest BCUT2D eigenvalue weighted by atomic mass is 32.1. The summed E-state index contributed by atoms with van der Waals surface area (Å²) in [5.41, 5.74) is 0. The highest BCUT2D eigenvalue weighted by Gasteiger charge is 2.16. The standard InChI is InChI=1S/C12H15NO5S/c14-11(13-5-8-2-1-3-17-8)6-18-9-4-10(12(15)16)19-7-9/h4,7-8H,1-3,5-6H2,(H,13,14)(H,15,16). The maximum absolute atomic E-state index is 11.5. The molecule has 2 rings (SSSR count). The van der Waals surface area contributed by atoms with E-state index in [0.717, 1.165) is 30.8 Å². The molecule has 1 amide bonds. The molecule has 1 aliphatic rings. The van der Waals surface area contributed by atoms with Gasteiger partial charge in [-0.2, -0.15) is 0 Å². The zero-order chi connectivity index (χ0) is 13.7. The molecule has 1 saturated heterocycles. The molecule has 7 heteroatoms. The number of hydrogen-bond donors (Lipinski definition) is 2. The van der Waals surface area contributed by atoms with Gasteiger partial charge < -0.3 is 19.9 Å². The number of carbonyl (C=O) groups is 2. The molecule has 1 aliphatic heterocycles. The Bertz CT molecular complexity index is 453. The van der Waals surface area contributed by atoms with E-state index in [1.165, 1.54) is 6.07 Å². The molecular formula is C12H15NO5S. The fraction of sp³-hybridized carbons (Fsp3) is 0.500. The lowest BCUT2D eigenvalue weighted by atomic mass is 10.2. The van der Waals surface area contributed by atoms with Gasteiger partial charge in [-0.3, -0.25) is 4.79 Å². The summed E-state index contributed by atoms with van der Waals surface area (Å²) in [6, 6.07) is 1.40. The summed E-state index contributed by atoms with van der Waals surface area (Å²) >= 11 is 1.07. The Morgan fingerprint density at radius 3 is 3.05 bits per heavy atom. The topological polar surface area (TPSA) is 84.9 Å². The predicted octanol–water partition coefficient (Wildman–Crippen LogP) is 1.12. The van der Waals surface area contributed by atoms with Gasteiger partial charge in [-0.25, -0.2) is 4.79 Å². The van der Waals surface area contributed by atoms with Crippen LogP contribution in [-0.2, 0) is 9.53 Å². The quantitative estimate of drug-likeness (QED) is 0.818. The Balaban J connectivity index is 1.68. The van der Waals surface area contributed by atoms with Gasteiger partial charge in [0.25, 0.3) is 5.91 Å². The number of carbonyl (C=O) groups excluding carboxylic acids is 1. The van der Waals surface area contributed by atoms with Gasteiger partial charge in [0.05, 0.1) is 6.10 Å². The average Bonchev–Trinajstić information content (AvgIpc) is 3.05. The van der Waals surface area contributed by atoms with E-state index >= 15 is 0 Å². The lowest BCUT2D eigenvalue weighted by Crippen LogP contribution is -2.35. The molecule has 0 radical (unpaired) electrons. The molecule has 1 aromatic heterocycles. The zero-order valence-corrected chi connectivity index (χ0v) is 11.1. The second-order valence-corrected chi connectivity index (χ2v) is 5.09. The Morgan fingerprint density at radius 1 is 1.58 bits per heavy atom. The van der Waals surface area contributed by atoms with E-state index in [1.807, 2.05) is 0 Å². The molecule has 0 aromatic carbocycles. The van der Waals surface area contributed by atoms with Crippen LogP contribution in [0.2, 0.25) is 0 Å². The fourth-order valence-corrected chi connectivity index (χ4v) is 2.40. The number of aromatic carboxylic acids is 1. The number of hydrogen-bond acceptors (Lipinski definition) is 5. The summed E-state index contributed by atoms with van der Waals surface area (Å²) in [5.74, 6) is -0.837. The lowest BCUT2D eigenvalue weighted by Gasteiger charge is -2.10. The lowest BCUT2D eigenvalue weighted by molar-refractivity contribution is -0.123. The normalized spacial score (nSPS) is 18.2. The second kappa shape index (κ2) is 6.53. The first kappa shape index (κ1) is 13.8. The molecule has 0 aliphatic carbocycles. The second-order valence-electron chi connectivity index (χ2n) is 4.18. The van der Waals surface area contributed by atoms with Crippen molar-refractivity contribution in [2.45, 2.75) is 18.9 Å². The third-order valence-corrected chi connectivity index (χ3v) is 3.60. The van der Waals surface area contributed by atoms with Crippen molar-refractivity contribution < 1.29 is 24.2 Å². The molecular weight excluding hydrogens is 270 g/mol. The number of amides is 1. The monoisotopic (exact) mass is 285 g/mol. The minimum Gasteiger partial charge on any atom is -0.483 e. The van der Waals surface area contributed by atoms with Gasteiger partial charge in [0, 0.05) is 24.6 Å². The maximum Gasteiger partial charge on any atom is 0.346 e. The van der Waals surface area contributed by atoms with Crippen molar-refractivity contribution in [2.75, 3.05) is 19.8 Å². The SMILES string of the molecule is O=C(COc1csc(C(=O)O)c1)NCC1CCCO1. The van der Waals surface area contributed by atoms with E-state index in [9.17, 15) is 9.59 Å². The molecule has 0 bridgehead atoms. The molecule has 19 heavy (non-hydrogen) atoms. The first-order chi connectivity index (χ1) is 9.15. The third-order valence-electron chi connectivity index (χ3n) is 2.71. The molecule has 2 heterocycles. The maximum atomic E-state index is 11.5. The van der Waals surface area contributed by atoms with Crippen molar-refractivity contribution >= 4 is 23.2 Å². The Labute approximate surface area is 114 Å². The van der Waals surface area contributed by atoms with Crippen molar-refractivity contribution in [2.24, 2.45) is 0 Å². The number of carboxylic acids is 1. The van der Waals surface area contributed by atoms with E-state index in [0.29, 0.717) is 12.3 Å². The van der Waals surface area contributed by atoms with Gasteiger partial charge in [0.15, 0.2) is 6.61 Å². The number of carboxylic acid groups (broad SMARTS) is 1. The van der Waals surface area contributed by atoms with Crippen molar-refractivity contribution in [3.63, 3.8) is 0 Å². The van der Waals surface area contributed by atoms with Crippen LogP contribution in [0.25, 0.3) is 0 Å². The summed E-state index contributed by atoms with van der Waals surface area (Å²) in [7, 11) is 0. The summed E-state index contributed by atoms with van der Waals surface area (Å²) in [6.45, 7) is 1.12. The number of rotatable bonds is 6. The van der Waals surface area contributed by atoms with Crippen LogP contribution in [0.3, 0.4) is 0 Å². The summed E-state index contributed by atoms with van der Waals surface area (Å²) < 4.78 is 10.6. The summed E-state index contributed by atoms with van der Waals surface area (Å²) in [6.07, 6.45) is 2.10. The zero-order valence-electron chi connectivity index (χ0n) is 10.3. The molecule has 2 N–H and O–H groups in total. The van der Waals surface area contributed by atoms with E-state index < -0.39 is 5.97 Å². The molecule has 6 nitrogen and oxygen atoms in total. The number of ether oxygens (including phenoxy) is 2. The van der Waals surface area contributed by atoms with Crippen LogP contribution < -0.4 is 10.1 Å². The van der Waals surface area contributed by atoms with Gasteiger partial charge in [-0.05, 0) is 12.8 Å². The van der Waals surface area contributed by atoms with Crippen LogP contribution in [0.15, 0.2) is 11.4 Å². The Morgan fingerprint density at radius 2 is 2.42 bits per heavy atom. The third kappa shape index (κ3) is 4.22. The average molecular weight is 285 g/mol. The largest absolute Gasteiger partial charge is 0.483 e. The van der Waals surface area contributed by atoms with Crippen LogP contribution in [0.4, 0.5) is 0 Å². The van der Waals surface area contributed by atoms with Crippen LogP contribution in [-0.4, -0.2) is 42.8 Å². The summed E-state index contributed by atoms with van der Waals surface area (Å²) in [4.78, 5) is 22.4. The molecule has 1 fully saturated rings. The van der Waals surface area contributed by atoms with Gasteiger partial charge in [-0.15, -0.1) is 11.3 Å². The molecule has 1 unspecified atom stereocenters. The van der Waals surface area contributed by atoms with Crippen molar-refractivity contribution in [1.29, 1.82) is 0 Å². The highest BCUT2D eigenvalue weighted by molar-refractivity contribution is 7.12. The Kier molecular flexibility index (Phi) is 4.75. The van der Waals surface area contributed by atoms with Crippen molar-refractivity contribution in [3.8, 4) is 5.75 Å². The minimum atomic E-state index is -0.998. The first-order valence-electron chi connectivity index (χ1n) is 5.98. The van der Waals surface area contributed by atoms with Crippen LogP contribution in [0.5, 0.6) is 5.75 Å². The molecule has 0 saturated carbocycles. The van der Waals surface area contributed by atoms with E-state index in [-0.39, 0.29) is 23.5 Å². The van der Waals surface area contributed by atoms with E-state index in [1.54, 1.807) is 5.38 Å². The van der Waals surface area contributed by atoms with E-state index in [4.69, 9.17) is 14.6 Å². The van der Waals surface area contributed by atoms with Crippen LogP contribution in [0.1, 0.15) is 22.5 Å². The summed E-state index contributed by atoms with van der Waals surface area (Å²) in [5, 5.41) is 13.0. The fourth-order valence-electron chi connectivity index (χ4n) is 1.74. The predicted molar refractivity (Wildman–Crippen MR) is 68.8 cm³/mol. The van der Waals surface area contributed by atoms with Crippen LogP contribution >= 0.6 is 11.3 Å². The van der Waals surface area contributed by atoms with Gasteiger partial charge in [0.2, 0.25) is 0 Å². The highest BCUT2D eigenvalue weighted by Crippen LogP contribution is 2.21. The van der Waals surface area contributed by atoms with Crippen LogP contribution in [0, 0.1) is 0 Å². The van der Waals surface area contributed by atoms with Gasteiger partial charge in [0.1, 0.15) is 10.6 Å². The molecule has 1 aromatic rings. The Hall–Kier alpha value is -1.60. The smallest absolute Gasteiger partial charge is 0.346 e. The first-order valence-corrected chi connectivity index (χ1v) is 6.86. The van der Waals surface area contributed by atoms with Gasteiger partial charge >= 0.3 is 5.97 Å². The molecule has 1 atom stereocenters. The molecule has 104 valence electrons. The number of thiophene rings is 1. The van der Waals surface area contributed by atoms with E-state index in [2.05, 4.69) is 5.32 Å².